The van der Waals surface area contributed by atoms with Gasteiger partial charge in [0.25, 0.3) is 11.8 Å². The topological polar surface area (TPSA) is 117 Å². The molecule has 154 valence electrons. The van der Waals surface area contributed by atoms with Crippen LogP contribution in [0.25, 0.3) is 0 Å². The summed E-state index contributed by atoms with van der Waals surface area (Å²) in [7, 11) is 0. The van der Waals surface area contributed by atoms with Crippen molar-refractivity contribution in [3.8, 4) is 11.5 Å². The Hall–Kier alpha value is -3.69. The molecule has 2 rings (SSSR count). The minimum Gasteiger partial charge on any atom is -0.484 e. The molecule has 1 atom stereocenters. The van der Waals surface area contributed by atoms with Crippen LogP contribution in [0.3, 0.4) is 0 Å². The molecular formula is C19H18F2N2O6. The van der Waals surface area contributed by atoms with Crippen LogP contribution in [0.2, 0.25) is 0 Å². The first-order chi connectivity index (χ1) is 13.8. The number of para-hydroxylation sites is 2. The molecule has 2 amide bonds. The number of rotatable bonds is 9. The maximum Gasteiger partial charge on any atom is 0.387 e. The third-order valence-corrected chi connectivity index (χ3v) is 3.49. The molecule has 2 aromatic rings. The maximum absolute atomic E-state index is 12.4. The number of amides is 2. The van der Waals surface area contributed by atoms with E-state index in [1.807, 2.05) is 0 Å². The molecule has 0 aliphatic heterocycles. The Morgan fingerprint density at radius 1 is 1.07 bits per heavy atom. The Bertz CT molecular complexity index is 873. The summed E-state index contributed by atoms with van der Waals surface area (Å²) in [6.45, 7) is -2.04. The second-order valence-electron chi connectivity index (χ2n) is 5.69. The monoisotopic (exact) mass is 408 g/mol. The lowest BCUT2D eigenvalue weighted by molar-refractivity contribution is -0.124. The average molecular weight is 408 g/mol. The highest BCUT2D eigenvalue weighted by molar-refractivity contribution is 5.98. The van der Waals surface area contributed by atoms with Crippen LogP contribution in [0.1, 0.15) is 17.3 Å². The van der Waals surface area contributed by atoms with E-state index >= 15 is 0 Å². The number of benzene rings is 2. The number of anilines is 1. The number of halogens is 2. The smallest absolute Gasteiger partial charge is 0.387 e. The van der Waals surface area contributed by atoms with Gasteiger partial charge in [0, 0.05) is 0 Å². The van der Waals surface area contributed by atoms with E-state index in [0.29, 0.717) is 5.75 Å². The zero-order valence-electron chi connectivity index (χ0n) is 15.3. The summed E-state index contributed by atoms with van der Waals surface area (Å²) in [5.41, 5.74) is 5.12. The number of carbonyl (C=O) groups is 3. The standard InChI is InChI=1S/C19H18F2N2O6/c1-11(17(25)23-14-4-2-3-5-15(14)29-19(20)21)28-18(26)12-6-8-13(9-7-12)27-10-16(22)24/h2-9,11,19H,10H2,1H3,(H2,22,24)(H,23,25)/t11-/m0/s1. The Labute approximate surface area is 164 Å². The molecule has 0 aromatic heterocycles. The summed E-state index contributed by atoms with van der Waals surface area (Å²) in [6.07, 6.45) is -1.21. The van der Waals surface area contributed by atoms with Crippen LogP contribution in [-0.4, -0.2) is 37.1 Å². The van der Waals surface area contributed by atoms with E-state index in [9.17, 15) is 23.2 Å². The van der Waals surface area contributed by atoms with Crippen molar-refractivity contribution in [1.29, 1.82) is 0 Å². The maximum atomic E-state index is 12.4. The predicted molar refractivity (Wildman–Crippen MR) is 97.7 cm³/mol. The molecule has 0 fully saturated rings. The van der Waals surface area contributed by atoms with Crippen molar-refractivity contribution in [2.45, 2.75) is 19.6 Å². The highest BCUT2D eigenvalue weighted by Crippen LogP contribution is 2.25. The lowest BCUT2D eigenvalue weighted by Crippen LogP contribution is -2.30. The van der Waals surface area contributed by atoms with Gasteiger partial charge in [0.1, 0.15) is 11.5 Å². The SMILES string of the molecule is C[C@H](OC(=O)c1ccc(OCC(N)=O)cc1)C(=O)Nc1ccccc1OC(F)F. The Morgan fingerprint density at radius 3 is 2.34 bits per heavy atom. The number of nitrogens with one attached hydrogen (secondary N) is 1. The number of ether oxygens (including phenoxy) is 3. The van der Waals surface area contributed by atoms with Crippen molar-refractivity contribution in [3.05, 3.63) is 54.1 Å². The van der Waals surface area contributed by atoms with Gasteiger partial charge >= 0.3 is 12.6 Å². The van der Waals surface area contributed by atoms with Gasteiger partial charge in [-0.1, -0.05) is 12.1 Å². The van der Waals surface area contributed by atoms with E-state index in [0.717, 1.165) is 0 Å². The quantitative estimate of drug-likeness (QED) is 0.615. The van der Waals surface area contributed by atoms with Crippen LogP contribution >= 0.6 is 0 Å². The third kappa shape index (κ3) is 6.76. The second-order valence-corrected chi connectivity index (χ2v) is 5.69. The number of primary amides is 1. The lowest BCUT2D eigenvalue weighted by atomic mass is 10.2. The van der Waals surface area contributed by atoms with Crippen molar-refractivity contribution in [3.63, 3.8) is 0 Å². The van der Waals surface area contributed by atoms with Gasteiger partial charge < -0.3 is 25.3 Å². The molecule has 2 aromatic carbocycles. The summed E-state index contributed by atoms with van der Waals surface area (Å²) in [4.78, 5) is 35.1. The number of hydrogen-bond donors (Lipinski definition) is 2. The van der Waals surface area contributed by atoms with Gasteiger partial charge in [-0.05, 0) is 43.3 Å². The zero-order valence-corrected chi connectivity index (χ0v) is 15.3. The highest BCUT2D eigenvalue weighted by atomic mass is 19.3. The predicted octanol–water partition coefficient (Wildman–Crippen LogP) is 2.34. The molecule has 0 radical (unpaired) electrons. The number of hydrogen-bond acceptors (Lipinski definition) is 6. The first-order valence-electron chi connectivity index (χ1n) is 8.33. The number of carbonyl (C=O) groups excluding carboxylic acids is 3. The minimum absolute atomic E-state index is 0.0108. The summed E-state index contributed by atoms with van der Waals surface area (Å²) in [5, 5.41) is 2.37. The van der Waals surface area contributed by atoms with Crippen LogP contribution in [0.15, 0.2) is 48.5 Å². The molecular weight excluding hydrogens is 390 g/mol. The Kier molecular flexibility index (Phi) is 7.47. The number of nitrogens with two attached hydrogens (primary N) is 1. The molecule has 0 spiro atoms. The van der Waals surface area contributed by atoms with Gasteiger partial charge in [-0.25, -0.2) is 4.79 Å². The summed E-state index contributed by atoms with van der Waals surface area (Å²) >= 11 is 0. The summed E-state index contributed by atoms with van der Waals surface area (Å²) in [5.74, 6) is -2.06. The summed E-state index contributed by atoms with van der Waals surface area (Å²) < 4.78 is 39.3. The van der Waals surface area contributed by atoms with E-state index in [-0.39, 0.29) is 23.6 Å². The molecule has 29 heavy (non-hydrogen) atoms. The van der Waals surface area contributed by atoms with Crippen LogP contribution in [0.5, 0.6) is 11.5 Å². The first kappa shape index (κ1) is 21.6. The normalized spacial score (nSPS) is 11.4. The Morgan fingerprint density at radius 2 is 1.72 bits per heavy atom. The molecule has 0 saturated heterocycles. The van der Waals surface area contributed by atoms with Crippen molar-refractivity contribution >= 4 is 23.5 Å². The molecule has 0 aliphatic carbocycles. The van der Waals surface area contributed by atoms with Crippen molar-refractivity contribution in [2.75, 3.05) is 11.9 Å². The minimum atomic E-state index is -3.06. The molecule has 0 heterocycles. The van der Waals surface area contributed by atoms with Gasteiger partial charge in [-0.15, -0.1) is 0 Å². The molecule has 3 N–H and O–H groups in total. The summed E-state index contributed by atoms with van der Waals surface area (Å²) in [6, 6.07) is 11.3. The average Bonchev–Trinajstić information content (AvgIpc) is 2.67. The van der Waals surface area contributed by atoms with Gasteiger partial charge in [-0.2, -0.15) is 8.78 Å². The second kappa shape index (κ2) is 10.0. The fourth-order valence-electron chi connectivity index (χ4n) is 2.13. The van der Waals surface area contributed by atoms with Crippen LogP contribution in [0, 0.1) is 0 Å². The van der Waals surface area contributed by atoms with Crippen molar-refractivity contribution in [1.82, 2.24) is 0 Å². The lowest BCUT2D eigenvalue weighted by Gasteiger charge is -2.16. The largest absolute Gasteiger partial charge is 0.484 e. The molecule has 0 unspecified atom stereocenters. The van der Waals surface area contributed by atoms with E-state index in [4.69, 9.17) is 15.2 Å². The van der Waals surface area contributed by atoms with Crippen LogP contribution < -0.4 is 20.5 Å². The van der Waals surface area contributed by atoms with Gasteiger partial charge in [-0.3, -0.25) is 9.59 Å². The molecule has 0 bridgehead atoms. The molecule has 10 heteroatoms. The van der Waals surface area contributed by atoms with E-state index < -0.39 is 30.5 Å². The van der Waals surface area contributed by atoms with E-state index in [1.165, 1.54) is 55.5 Å². The van der Waals surface area contributed by atoms with Crippen LogP contribution in [-0.2, 0) is 14.3 Å². The van der Waals surface area contributed by atoms with E-state index in [1.54, 1.807) is 0 Å². The number of esters is 1. The Balaban J connectivity index is 1.95. The van der Waals surface area contributed by atoms with Gasteiger partial charge in [0.05, 0.1) is 11.3 Å². The molecule has 0 saturated carbocycles. The highest BCUT2D eigenvalue weighted by Gasteiger charge is 2.21. The van der Waals surface area contributed by atoms with E-state index in [2.05, 4.69) is 10.1 Å². The van der Waals surface area contributed by atoms with Crippen molar-refractivity contribution < 1.29 is 37.4 Å². The fourth-order valence-corrected chi connectivity index (χ4v) is 2.13. The van der Waals surface area contributed by atoms with Gasteiger partial charge in [0.15, 0.2) is 12.7 Å². The number of alkyl halides is 2. The van der Waals surface area contributed by atoms with Crippen molar-refractivity contribution in [2.24, 2.45) is 5.73 Å². The fraction of sp³-hybridized carbons (Fsp3) is 0.211. The third-order valence-electron chi connectivity index (χ3n) is 3.49. The first-order valence-corrected chi connectivity index (χ1v) is 8.33. The van der Waals surface area contributed by atoms with Crippen LogP contribution in [0.4, 0.5) is 14.5 Å². The zero-order chi connectivity index (χ0) is 21.4. The molecule has 8 nitrogen and oxygen atoms in total. The van der Waals surface area contributed by atoms with Gasteiger partial charge in [0.2, 0.25) is 0 Å². The molecule has 0 aliphatic rings.